The first-order valence-electron chi connectivity index (χ1n) is 6.69. The number of hydrogen-bond donors (Lipinski definition) is 0. The zero-order chi connectivity index (χ0) is 12.9. The molecule has 0 saturated carbocycles. The van der Waals surface area contributed by atoms with E-state index in [4.69, 9.17) is 0 Å². The molecule has 0 heteroatoms. The normalized spacial score (nSPS) is 29.8. The number of allylic oxidation sites excluding steroid dienone is 5. The molecule has 0 heterocycles. The van der Waals surface area contributed by atoms with Gasteiger partial charge in [-0.25, -0.2) is 0 Å². The van der Waals surface area contributed by atoms with Crippen LogP contribution < -0.4 is 0 Å². The van der Waals surface area contributed by atoms with E-state index in [1.54, 1.807) is 0 Å². The lowest BCUT2D eigenvalue weighted by atomic mass is 9.71. The largest absolute Gasteiger partial charge is 0.0752 e. The van der Waals surface area contributed by atoms with Crippen LogP contribution >= 0.6 is 0 Å². The molecule has 0 aliphatic heterocycles. The fraction of sp³-hybridized carbons (Fsp3) is 0.333. The molecule has 2 aliphatic carbocycles. The zero-order valence-corrected chi connectivity index (χ0v) is 11.6. The van der Waals surface area contributed by atoms with E-state index in [1.165, 1.54) is 27.8 Å². The SMILES string of the molecule is CC1=CC(C)(C2C=Cc3ccccc32)C(C)=C1C. The number of fused-ring (bicyclic) bond motifs is 1. The molecule has 0 fully saturated rings. The van der Waals surface area contributed by atoms with E-state index in [9.17, 15) is 0 Å². The molecular weight excluding hydrogens is 216 g/mol. The van der Waals surface area contributed by atoms with Gasteiger partial charge in [0.25, 0.3) is 0 Å². The first-order chi connectivity index (χ1) is 8.54. The van der Waals surface area contributed by atoms with Crippen molar-refractivity contribution in [1.29, 1.82) is 0 Å². The van der Waals surface area contributed by atoms with Crippen molar-refractivity contribution in [3.8, 4) is 0 Å². The Morgan fingerprint density at radius 3 is 2.44 bits per heavy atom. The maximum absolute atomic E-state index is 2.45. The molecule has 0 saturated heterocycles. The van der Waals surface area contributed by atoms with Gasteiger partial charge in [-0.3, -0.25) is 0 Å². The Hall–Kier alpha value is -1.56. The smallest absolute Gasteiger partial charge is 0.0175 e. The highest BCUT2D eigenvalue weighted by Gasteiger charge is 2.39. The third-order valence-electron chi connectivity index (χ3n) is 4.92. The summed E-state index contributed by atoms with van der Waals surface area (Å²) >= 11 is 0. The fourth-order valence-corrected chi connectivity index (χ4v) is 3.46. The van der Waals surface area contributed by atoms with Crippen LogP contribution in [0.2, 0.25) is 0 Å². The molecule has 1 aromatic carbocycles. The van der Waals surface area contributed by atoms with Gasteiger partial charge in [-0.2, -0.15) is 0 Å². The zero-order valence-electron chi connectivity index (χ0n) is 11.6. The van der Waals surface area contributed by atoms with Crippen molar-refractivity contribution in [1.82, 2.24) is 0 Å². The average Bonchev–Trinajstić information content (AvgIpc) is 2.87. The molecule has 0 amide bonds. The van der Waals surface area contributed by atoms with E-state index in [2.05, 4.69) is 70.2 Å². The van der Waals surface area contributed by atoms with Crippen molar-refractivity contribution in [2.24, 2.45) is 5.41 Å². The quantitative estimate of drug-likeness (QED) is 0.636. The van der Waals surface area contributed by atoms with E-state index in [0.717, 1.165) is 0 Å². The summed E-state index contributed by atoms with van der Waals surface area (Å²) in [7, 11) is 0. The Labute approximate surface area is 110 Å². The van der Waals surface area contributed by atoms with E-state index < -0.39 is 0 Å². The van der Waals surface area contributed by atoms with Crippen LogP contribution in [0.3, 0.4) is 0 Å². The summed E-state index contributed by atoms with van der Waals surface area (Å²) < 4.78 is 0. The van der Waals surface area contributed by atoms with Gasteiger partial charge in [0.15, 0.2) is 0 Å². The van der Waals surface area contributed by atoms with E-state index in [0.29, 0.717) is 5.92 Å². The summed E-state index contributed by atoms with van der Waals surface area (Å²) in [5.74, 6) is 0.487. The second kappa shape index (κ2) is 3.71. The van der Waals surface area contributed by atoms with Gasteiger partial charge < -0.3 is 0 Å². The van der Waals surface area contributed by atoms with Crippen molar-refractivity contribution in [3.63, 3.8) is 0 Å². The molecule has 92 valence electrons. The van der Waals surface area contributed by atoms with Gasteiger partial charge in [0.2, 0.25) is 0 Å². The first-order valence-corrected chi connectivity index (χ1v) is 6.69. The van der Waals surface area contributed by atoms with Gasteiger partial charge in [0.1, 0.15) is 0 Å². The van der Waals surface area contributed by atoms with Gasteiger partial charge in [-0.05, 0) is 37.5 Å². The summed E-state index contributed by atoms with van der Waals surface area (Å²) in [4.78, 5) is 0. The van der Waals surface area contributed by atoms with Crippen LogP contribution in [0.5, 0.6) is 0 Å². The molecular formula is C18H20. The number of hydrogen-bond acceptors (Lipinski definition) is 0. The molecule has 0 nitrogen and oxygen atoms in total. The standard InChI is InChI=1S/C18H20/c1-12-11-18(4,14(3)13(12)2)17-10-9-15-7-5-6-8-16(15)17/h5-11,17H,1-4H3. The molecule has 3 rings (SSSR count). The Kier molecular flexibility index (Phi) is 2.38. The lowest BCUT2D eigenvalue weighted by molar-refractivity contribution is 0.467. The van der Waals surface area contributed by atoms with Crippen LogP contribution in [0.1, 0.15) is 44.7 Å². The number of rotatable bonds is 1. The summed E-state index contributed by atoms with van der Waals surface area (Å²) in [5, 5.41) is 0. The molecule has 0 aromatic heterocycles. The molecule has 2 aliphatic rings. The molecule has 18 heavy (non-hydrogen) atoms. The topological polar surface area (TPSA) is 0 Å². The minimum Gasteiger partial charge on any atom is -0.0752 e. The lowest BCUT2D eigenvalue weighted by Gasteiger charge is -2.32. The van der Waals surface area contributed by atoms with Gasteiger partial charge in [-0.1, -0.05) is 60.6 Å². The molecule has 0 bridgehead atoms. The van der Waals surface area contributed by atoms with Gasteiger partial charge in [0.05, 0.1) is 0 Å². The predicted molar refractivity (Wildman–Crippen MR) is 78.5 cm³/mol. The predicted octanol–water partition coefficient (Wildman–Crippen LogP) is 5.10. The van der Waals surface area contributed by atoms with Gasteiger partial charge >= 0.3 is 0 Å². The van der Waals surface area contributed by atoms with Crippen LogP contribution in [-0.2, 0) is 0 Å². The van der Waals surface area contributed by atoms with Crippen molar-refractivity contribution >= 4 is 6.08 Å². The Bertz CT molecular complexity index is 598. The summed E-state index contributed by atoms with van der Waals surface area (Å²) in [6.07, 6.45) is 7.10. The molecule has 2 unspecified atom stereocenters. The van der Waals surface area contributed by atoms with Crippen molar-refractivity contribution in [2.45, 2.75) is 33.6 Å². The lowest BCUT2D eigenvalue weighted by Crippen LogP contribution is -2.21. The van der Waals surface area contributed by atoms with Crippen molar-refractivity contribution < 1.29 is 0 Å². The third kappa shape index (κ3) is 1.38. The molecule has 0 radical (unpaired) electrons. The van der Waals surface area contributed by atoms with Crippen molar-refractivity contribution in [3.05, 3.63) is 64.3 Å². The molecule has 1 aromatic rings. The van der Waals surface area contributed by atoms with E-state index in [-0.39, 0.29) is 5.41 Å². The Morgan fingerprint density at radius 1 is 1.06 bits per heavy atom. The fourth-order valence-electron chi connectivity index (χ4n) is 3.46. The Morgan fingerprint density at radius 2 is 1.78 bits per heavy atom. The summed E-state index contributed by atoms with van der Waals surface area (Å²) in [6.45, 7) is 9.14. The van der Waals surface area contributed by atoms with Crippen molar-refractivity contribution in [2.75, 3.05) is 0 Å². The average molecular weight is 236 g/mol. The van der Waals surface area contributed by atoms with Crippen LogP contribution in [-0.4, -0.2) is 0 Å². The second-order valence-corrected chi connectivity index (χ2v) is 5.83. The summed E-state index contributed by atoms with van der Waals surface area (Å²) in [6, 6.07) is 8.76. The van der Waals surface area contributed by atoms with Crippen LogP contribution in [0.15, 0.2) is 53.1 Å². The third-order valence-corrected chi connectivity index (χ3v) is 4.92. The molecule has 2 atom stereocenters. The number of benzene rings is 1. The minimum absolute atomic E-state index is 0.150. The highest BCUT2D eigenvalue weighted by Crippen LogP contribution is 2.53. The van der Waals surface area contributed by atoms with Crippen LogP contribution in [0.4, 0.5) is 0 Å². The van der Waals surface area contributed by atoms with E-state index >= 15 is 0 Å². The maximum Gasteiger partial charge on any atom is 0.0175 e. The second-order valence-electron chi connectivity index (χ2n) is 5.83. The highest BCUT2D eigenvalue weighted by atomic mass is 14.4. The summed E-state index contributed by atoms with van der Waals surface area (Å²) in [5.41, 5.74) is 7.43. The Balaban J connectivity index is 2.12. The maximum atomic E-state index is 2.45. The first kappa shape index (κ1) is 11.5. The van der Waals surface area contributed by atoms with Crippen LogP contribution in [0.25, 0.3) is 6.08 Å². The highest BCUT2D eigenvalue weighted by molar-refractivity contribution is 5.65. The van der Waals surface area contributed by atoms with Crippen LogP contribution in [0, 0.1) is 5.41 Å². The van der Waals surface area contributed by atoms with Gasteiger partial charge in [0, 0.05) is 11.3 Å². The molecule has 0 N–H and O–H groups in total. The van der Waals surface area contributed by atoms with Gasteiger partial charge in [-0.15, -0.1) is 0 Å². The van der Waals surface area contributed by atoms with E-state index in [1.807, 2.05) is 0 Å². The monoisotopic (exact) mass is 236 g/mol. The molecule has 0 spiro atoms. The minimum atomic E-state index is 0.150.